The summed E-state index contributed by atoms with van der Waals surface area (Å²) in [6, 6.07) is 9.99. The van der Waals surface area contributed by atoms with Crippen molar-refractivity contribution in [3.63, 3.8) is 0 Å². The summed E-state index contributed by atoms with van der Waals surface area (Å²) >= 11 is 0. The lowest BCUT2D eigenvalue weighted by Crippen LogP contribution is -2.23. The Kier molecular flexibility index (Phi) is 6.91. The Bertz CT molecular complexity index is 786. The molecule has 0 aliphatic rings. The van der Waals surface area contributed by atoms with Crippen LogP contribution in [0.4, 0.5) is 0 Å². The monoisotopic (exact) mass is 357 g/mol. The molecule has 0 fully saturated rings. The maximum absolute atomic E-state index is 11.9. The number of phenolic OH excluding ortho intramolecular Hbond substituents is 2. The highest BCUT2D eigenvalue weighted by Crippen LogP contribution is 2.27. The minimum absolute atomic E-state index is 0.0674. The van der Waals surface area contributed by atoms with Gasteiger partial charge in [0.2, 0.25) is 5.91 Å². The van der Waals surface area contributed by atoms with E-state index >= 15 is 0 Å². The van der Waals surface area contributed by atoms with Crippen molar-refractivity contribution in [1.82, 2.24) is 5.32 Å². The number of hydrogen-bond acceptors (Lipinski definition) is 5. The van der Waals surface area contributed by atoms with E-state index in [2.05, 4.69) is 5.32 Å². The van der Waals surface area contributed by atoms with Crippen molar-refractivity contribution >= 4 is 12.0 Å². The summed E-state index contributed by atoms with van der Waals surface area (Å²) in [7, 11) is 1.49. The van der Waals surface area contributed by atoms with Gasteiger partial charge >= 0.3 is 0 Å². The van der Waals surface area contributed by atoms with Crippen molar-refractivity contribution in [2.75, 3.05) is 20.3 Å². The molecule has 0 aliphatic heterocycles. The number of methoxy groups -OCH3 is 1. The summed E-state index contributed by atoms with van der Waals surface area (Å²) in [5.74, 6) is 0.727. The fourth-order valence-electron chi connectivity index (χ4n) is 2.34. The lowest BCUT2D eigenvalue weighted by Gasteiger charge is -2.07. The molecule has 1 amide bonds. The summed E-state index contributed by atoms with van der Waals surface area (Å²) in [4.78, 5) is 11.9. The predicted octanol–water partition coefficient (Wildman–Crippen LogP) is 2.88. The molecule has 0 aromatic heterocycles. The Hall–Kier alpha value is -3.15. The number of rotatable bonds is 8. The standard InChI is InChI=1S/C20H23NO5/c1-3-26-19-13-14(4-8-17(19)23)6-9-20(24)21-11-10-15-5-7-16(22)18(12-15)25-2/h4-9,12-13,22-23H,3,10-11H2,1-2H3,(H,21,24). The van der Waals surface area contributed by atoms with Crippen LogP contribution >= 0.6 is 0 Å². The molecule has 6 nitrogen and oxygen atoms in total. The molecule has 2 aromatic carbocycles. The molecule has 0 heterocycles. The quantitative estimate of drug-likeness (QED) is 0.632. The van der Waals surface area contributed by atoms with E-state index in [9.17, 15) is 15.0 Å². The Balaban J connectivity index is 1.87. The van der Waals surface area contributed by atoms with Gasteiger partial charge in [-0.05, 0) is 54.8 Å². The average Bonchev–Trinajstić information content (AvgIpc) is 2.64. The molecule has 0 bridgehead atoms. The second-order valence-electron chi connectivity index (χ2n) is 5.54. The summed E-state index contributed by atoms with van der Waals surface area (Å²) in [6.45, 7) is 2.74. The molecule has 0 radical (unpaired) electrons. The van der Waals surface area contributed by atoms with E-state index in [0.717, 1.165) is 11.1 Å². The summed E-state index contributed by atoms with van der Waals surface area (Å²) in [5, 5.41) is 22.0. The highest BCUT2D eigenvalue weighted by Gasteiger charge is 2.04. The van der Waals surface area contributed by atoms with Crippen LogP contribution in [0, 0.1) is 0 Å². The molecule has 0 atom stereocenters. The van der Waals surface area contributed by atoms with Crippen LogP contribution in [0.1, 0.15) is 18.1 Å². The van der Waals surface area contributed by atoms with Crippen LogP contribution in [0.15, 0.2) is 42.5 Å². The second kappa shape index (κ2) is 9.36. The summed E-state index contributed by atoms with van der Waals surface area (Å²) in [6.07, 6.45) is 3.70. The Morgan fingerprint density at radius 2 is 1.85 bits per heavy atom. The van der Waals surface area contributed by atoms with Crippen LogP contribution in [-0.4, -0.2) is 36.4 Å². The smallest absolute Gasteiger partial charge is 0.244 e. The number of carbonyl (C=O) groups excluding carboxylic acids is 1. The third-order valence-electron chi connectivity index (χ3n) is 3.67. The van der Waals surface area contributed by atoms with E-state index < -0.39 is 0 Å². The SMILES string of the molecule is CCOc1cc(C=CC(=O)NCCc2ccc(O)c(OC)c2)ccc1O. The van der Waals surface area contributed by atoms with E-state index in [-0.39, 0.29) is 17.4 Å². The highest BCUT2D eigenvalue weighted by molar-refractivity contribution is 5.91. The molecule has 0 aliphatic carbocycles. The van der Waals surface area contributed by atoms with E-state index in [1.54, 1.807) is 36.4 Å². The van der Waals surface area contributed by atoms with E-state index in [1.807, 2.05) is 6.92 Å². The normalized spacial score (nSPS) is 10.7. The first-order valence-corrected chi connectivity index (χ1v) is 8.31. The molecule has 26 heavy (non-hydrogen) atoms. The molecule has 2 rings (SSSR count). The number of ether oxygens (including phenoxy) is 2. The molecule has 0 spiro atoms. The van der Waals surface area contributed by atoms with Gasteiger partial charge in [0.25, 0.3) is 0 Å². The molecular formula is C20H23NO5. The lowest BCUT2D eigenvalue weighted by atomic mass is 10.1. The molecule has 6 heteroatoms. The topological polar surface area (TPSA) is 88.0 Å². The third kappa shape index (κ3) is 5.44. The van der Waals surface area contributed by atoms with Crippen LogP contribution in [0.25, 0.3) is 6.08 Å². The van der Waals surface area contributed by atoms with Crippen LogP contribution in [0.2, 0.25) is 0 Å². The van der Waals surface area contributed by atoms with Crippen molar-refractivity contribution in [2.24, 2.45) is 0 Å². The van der Waals surface area contributed by atoms with E-state index in [4.69, 9.17) is 9.47 Å². The van der Waals surface area contributed by atoms with Gasteiger partial charge in [0.1, 0.15) is 0 Å². The number of phenols is 2. The van der Waals surface area contributed by atoms with Crippen molar-refractivity contribution in [2.45, 2.75) is 13.3 Å². The van der Waals surface area contributed by atoms with Gasteiger partial charge in [-0.15, -0.1) is 0 Å². The predicted molar refractivity (Wildman–Crippen MR) is 99.7 cm³/mol. The zero-order valence-electron chi connectivity index (χ0n) is 14.9. The number of amides is 1. The Morgan fingerprint density at radius 1 is 1.12 bits per heavy atom. The van der Waals surface area contributed by atoms with Crippen molar-refractivity contribution in [1.29, 1.82) is 0 Å². The zero-order valence-corrected chi connectivity index (χ0v) is 14.9. The van der Waals surface area contributed by atoms with E-state index in [1.165, 1.54) is 19.3 Å². The minimum atomic E-state index is -0.221. The van der Waals surface area contributed by atoms with Gasteiger partial charge in [0, 0.05) is 12.6 Å². The molecule has 0 unspecified atom stereocenters. The van der Waals surface area contributed by atoms with Crippen LogP contribution in [0.5, 0.6) is 23.0 Å². The zero-order chi connectivity index (χ0) is 18.9. The van der Waals surface area contributed by atoms with Crippen molar-refractivity contribution in [3.05, 3.63) is 53.6 Å². The van der Waals surface area contributed by atoms with Crippen LogP contribution in [-0.2, 0) is 11.2 Å². The van der Waals surface area contributed by atoms with Gasteiger partial charge in [-0.25, -0.2) is 0 Å². The van der Waals surface area contributed by atoms with E-state index in [0.29, 0.717) is 31.1 Å². The van der Waals surface area contributed by atoms with Crippen LogP contribution < -0.4 is 14.8 Å². The summed E-state index contributed by atoms with van der Waals surface area (Å²) < 4.78 is 10.4. The second-order valence-corrected chi connectivity index (χ2v) is 5.54. The van der Waals surface area contributed by atoms with Gasteiger partial charge in [-0.2, -0.15) is 0 Å². The Labute approximate surface area is 152 Å². The van der Waals surface area contributed by atoms with Crippen molar-refractivity contribution < 1.29 is 24.5 Å². The van der Waals surface area contributed by atoms with Gasteiger partial charge in [-0.3, -0.25) is 4.79 Å². The third-order valence-corrected chi connectivity index (χ3v) is 3.67. The molecule has 0 saturated heterocycles. The maximum Gasteiger partial charge on any atom is 0.244 e. The van der Waals surface area contributed by atoms with Gasteiger partial charge in [0.05, 0.1) is 13.7 Å². The molecule has 2 aromatic rings. The Morgan fingerprint density at radius 3 is 2.58 bits per heavy atom. The first-order chi connectivity index (χ1) is 12.5. The highest BCUT2D eigenvalue weighted by atomic mass is 16.5. The van der Waals surface area contributed by atoms with Crippen molar-refractivity contribution in [3.8, 4) is 23.0 Å². The van der Waals surface area contributed by atoms with Gasteiger partial charge in [-0.1, -0.05) is 12.1 Å². The lowest BCUT2D eigenvalue weighted by molar-refractivity contribution is -0.116. The number of aromatic hydroxyl groups is 2. The number of nitrogens with one attached hydrogen (secondary N) is 1. The fraction of sp³-hybridized carbons (Fsp3) is 0.250. The molecule has 138 valence electrons. The maximum atomic E-state index is 11.9. The van der Waals surface area contributed by atoms with Gasteiger partial charge < -0.3 is 25.0 Å². The minimum Gasteiger partial charge on any atom is -0.504 e. The fourth-order valence-corrected chi connectivity index (χ4v) is 2.34. The molecule has 3 N–H and O–H groups in total. The molecule has 0 saturated carbocycles. The number of benzene rings is 2. The van der Waals surface area contributed by atoms with Gasteiger partial charge in [0.15, 0.2) is 23.0 Å². The molecular weight excluding hydrogens is 334 g/mol. The number of carbonyl (C=O) groups is 1. The first kappa shape index (κ1) is 19.2. The first-order valence-electron chi connectivity index (χ1n) is 8.31. The average molecular weight is 357 g/mol. The largest absolute Gasteiger partial charge is 0.504 e. The van der Waals surface area contributed by atoms with Crippen LogP contribution in [0.3, 0.4) is 0 Å². The summed E-state index contributed by atoms with van der Waals surface area (Å²) in [5.41, 5.74) is 1.70. The number of hydrogen-bond donors (Lipinski definition) is 3.